The predicted octanol–water partition coefficient (Wildman–Crippen LogP) is 13.7. The molecule has 0 amide bonds. The van der Waals surface area contributed by atoms with E-state index in [0.717, 1.165) is 80.7 Å². The standard InChI is InChI=1S/C55H56N2O4S2/c1-7-14-38(5)56-50-24-12-18-40-16-10-22-47(53(40)50)36(3)26-28-42-29-30-43(31-33-51-48-23-11-17-41-19-13-25-52(54(41)48)57(51)39(6)15-8-2)55(42)63(60,61)46-32-27-37(4)49(35-46)44-20-9-21-45(34-44)62(58)59/h9-13,16-28,31-35,38-39,56H,3,7-8,14-15,29-30H2,1-2,4-6H3,(H,58,59)/b28-26+,43-31+,51-33+. The molecule has 6 nitrogen and oxygen atoms in total. The monoisotopic (exact) mass is 872 g/mol. The lowest BCUT2D eigenvalue weighted by molar-refractivity contribution is 0.507. The van der Waals surface area contributed by atoms with Crippen LogP contribution in [0.5, 0.6) is 0 Å². The Hall–Kier alpha value is -5.80. The molecule has 7 aromatic rings. The Balaban J connectivity index is 1.29. The first-order chi connectivity index (χ1) is 30.4. The summed E-state index contributed by atoms with van der Waals surface area (Å²) in [6, 6.07) is 38.0. The molecular weight excluding hydrogens is 817 g/mol. The van der Waals surface area contributed by atoms with Crippen molar-refractivity contribution in [2.24, 2.45) is 0 Å². The van der Waals surface area contributed by atoms with Crippen LogP contribution in [-0.4, -0.2) is 27.8 Å². The van der Waals surface area contributed by atoms with Gasteiger partial charge in [-0.15, -0.1) is 0 Å². The number of nitrogens with zero attached hydrogens (tertiary/aromatic N) is 1. The van der Waals surface area contributed by atoms with E-state index in [-0.39, 0.29) is 15.8 Å². The SMILES string of the molecule is C=C(/C=C/C1=C(S(=O)(=O)c2ccc(C)c(-c3cccc(S(=O)O)c3)c2)C(=C/C=c2\c3cccc4cccc(c43)n2C(C)CCC)/CC1)c1cccc2cccc(NC(C)CCC)c12. The van der Waals surface area contributed by atoms with Crippen molar-refractivity contribution in [3.05, 3.63) is 173 Å². The van der Waals surface area contributed by atoms with Crippen LogP contribution in [0.25, 0.3) is 55.2 Å². The maximum absolute atomic E-state index is 15.3. The summed E-state index contributed by atoms with van der Waals surface area (Å²) < 4.78 is 55.0. The topological polar surface area (TPSA) is 88.4 Å². The number of allylic oxidation sites excluding steroid dienone is 6. The molecule has 6 aromatic carbocycles. The zero-order valence-corrected chi connectivity index (χ0v) is 38.5. The van der Waals surface area contributed by atoms with Gasteiger partial charge in [0.05, 0.1) is 14.7 Å². The van der Waals surface area contributed by atoms with Crippen molar-refractivity contribution in [1.82, 2.24) is 4.57 Å². The van der Waals surface area contributed by atoms with E-state index in [2.05, 4.69) is 117 Å². The van der Waals surface area contributed by atoms with Gasteiger partial charge in [-0.25, -0.2) is 12.6 Å². The minimum absolute atomic E-state index is 0.168. The van der Waals surface area contributed by atoms with Crippen LogP contribution < -0.4 is 10.7 Å². The lowest BCUT2D eigenvalue weighted by atomic mass is 9.96. The molecule has 3 atom stereocenters. The van der Waals surface area contributed by atoms with Crippen LogP contribution in [-0.2, 0) is 20.9 Å². The molecule has 8 heteroatoms. The van der Waals surface area contributed by atoms with Gasteiger partial charge in [0, 0.05) is 44.8 Å². The normalized spacial score (nSPS) is 16.0. The van der Waals surface area contributed by atoms with Crippen molar-refractivity contribution >= 4 is 70.7 Å². The molecule has 0 bridgehead atoms. The molecular formula is C55H56N2O4S2. The minimum Gasteiger partial charge on any atom is -0.382 e. The Labute approximate surface area is 374 Å². The summed E-state index contributed by atoms with van der Waals surface area (Å²) in [6.45, 7) is 15.3. The number of fused-ring (bicyclic) bond motifs is 1. The Kier molecular flexibility index (Phi) is 12.9. The third-order valence-corrected chi connectivity index (χ3v) is 15.1. The Morgan fingerprint density at radius 1 is 0.841 bits per heavy atom. The van der Waals surface area contributed by atoms with Crippen LogP contribution in [0.3, 0.4) is 0 Å². The van der Waals surface area contributed by atoms with Crippen molar-refractivity contribution in [2.75, 3.05) is 5.32 Å². The molecule has 0 spiro atoms. The molecule has 8 rings (SSSR count). The molecule has 322 valence electrons. The van der Waals surface area contributed by atoms with Crippen LogP contribution in [0, 0.1) is 6.92 Å². The van der Waals surface area contributed by atoms with Crippen molar-refractivity contribution in [1.29, 1.82) is 0 Å². The second-order valence-electron chi connectivity index (χ2n) is 16.9. The average molecular weight is 873 g/mol. The lowest BCUT2D eigenvalue weighted by Gasteiger charge is -2.18. The summed E-state index contributed by atoms with van der Waals surface area (Å²) in [5.74, 6) is 0. The van der Waals surface area contributed by atoms with Gasteiger partial charge in [-0.1, -0.05) is 130 Å². The molecule has 0 aliphatic heterocycles. The molecule has 2 N–H and O–H groups in total. The Morgan fingerprint density at radius 3 is 2.29 bits per heavy atom. The first-order valence-electron chi connectivity index (χ1n) is 22.1. The van der Waals surface area contributed by atoms with Crippen LogP contribution in [0.4, 0.5) is 5.69 Å². The summed E-state index contributed by atoms with van der Waals surface area (Å²) in [6.07, 6.45) is 13.4. The van der Waals surface area contributed by atoms with Gasteiger partial charge in [-0.2, -0.15) is 0 Å². The van der Waals surface area contributed by atoms with E-state index in [9.17, 15) is 8.76 Å². The van der Waals surface area contributed by atoms with E-state index < -0.39 is 20.9 Å². The van der Waals surface area contributed by atoms with Crippen LogP contribution >= 0.6 is 0 Å². The molecule has 0 fully saturated rings. The molecule has 1 aliphatic carbocycles. The van der Waals surface area contributed by atoms with Gasteiger partial charge in [0.2, 0.25) is 9.84 Å². The van der Waals surface area contributed by atoms with Gasteiger partial charge in [0.25, 0.3) is 0 Å². The Bertz CT molecular complexity index is 3180. The Morgan fingerprint density at radius 2 is 1.54 bits per heavy atom. The predicted molar refractivity (Wildman–Crippen MR) is 266 cm³/mol. The van der Waals surface area contributed by atoms with E-state index >= 15 is 8.42 Å². The van der Waals surface area contributed by atoms with Gasteiger partial charge in [0.15, 0.2) is 11.1 Å². The minimum atomic E-state index is -4.09. The van der Waals surface area contributed by atoms with E-state index in [0.29, 0.717) is 34.9 Å². The fourth-order valence-corrected chi connectivity index (χ4v) is 11.7. The zero-order valence-electron chi connectivity index (χ0n) is 36.8. The van der Waals surface area contributed by atoms with Crippen molar-refractivity contribution in [2.45, 2.75) is 95.0 Å². The van der Waals surface area contributed by atoms with E-state index in [1.807, 2.05) is 43.4 Å². The molecule has 1 heterocycles. The van der Waals surface area contributed by atoms with Gasteiger partial charge >= 0.3 is 0 Å². The van der Waals surface area contributed by atoms with Gasteiger partial charge in [-0.3, -0.25) is 0 Å². The lowest BCUT2D eigenvalue weighted by Crippen LogP contribution is -2.20. The fraction of sp³-hybridized carbons (Fsp3) is 0.236. The maximum Gasteiger partial charge on any atom is 0.207 e. The summed E-state index contributed by atoms with van der Waals surface area (Å²) in [7, 11) is -4.09. The second-order valence-corrected chi connectivity index (χ2v) is 19.8. The molecule has 63 heavy (non-hydrogen) atoms. The van der Waals surface area contributed by atoms with E-state index in [4.69, 9.17) is 0 Å². The first-order valence-corrected chi connectivity index (χ1v) is 24.7. The maximum atomic E-state index is 15.3. The molecule has 0 saturated heterocycles. The second kappa shape index (κ2) is 18.5. The zero-order chi connectivity index (χ0) is 44.4. The van der Waals surface area contributed by atoms with Crippen molar-refractivity contribution in [3.63, 3.8) is 0 Å². The average Bonchev–Trinajstić information content (AvgIpc) is 3.85. The number of hydrogen-bond donors (Lipinski definition) is 2. The quantitative estimate of drug-likeness (QED) is 0.0791. The first kappa shape index (κ1) is 43.8. The molecule has 0 radical (unpaired) electrons. The number of rotatable bonds is 15. The van der Waals surface area contributed by atoms with Gasteiger partial charge < -0.3 is 14.4 Å². The molecule has 1 aromatic heterocycles. The largest absolute Gasteiger partial charge is 0.382 e. The molecule has 1 aliphatic rings. The van der Waals surface area contributed by atoms with Gasteiger partial charge in [0.1, 0.15) is 0 Å². The number of sulfone groups is 1. The van der Waals surface area contributed by atoms with Crippen molar-refractivity contribution in [3.8, 4) is 11.1 Å². The molecule has 3 unspecified atom stereocenters. The molecule has 0 saturated carbocycles. The smallest absolute Gasteiger partial charge is 0.207 e. The summed E-state index contributed by atoms with van der Waals surface area (Å²) in [5, 5.41) is 10.5. The van der Waals surface area contributed by atoms with Crippen LogP contribution in [0.2, 0.25) is 0 Å². The number of aromatic nitrogens is 1. The van der Waals surface area contributed by atoms with Crippen molar-refractivity contribution < 1.29 is 17.2 Å². The van der Waals surface area contributed by atoms with E-state index in [1.165, 1.54) is 16.3 Å². The highest BCUT2D eigenvalue weighted by atomic mass is 32.2. The fourth-order valence-electron chi connectivity index (χ4n) is 9.49. The van der Waals surface area contributed by atoms with E-state index in [1.54, 1.807) is 30.3 Å². The number of benzene rings is 6. The highest BCUT2D eigenvalue weighted by Crippen LogP contribution is 2.41. The highest BCUT2D eigenvalue weighted by molar-refractivity contribution is 7.95. The third-order valence-electron chi connectivity index (χ3n) is 12.5. The highest BCUT2D eigenvalue weighted by Gasteiger charge is 2.31. The third kappa shape index (κ3) is 8.64. The number of anilines is 1. The van der Waals surface area contributed by atoms with Gasteiger partial charge in [-0.05, 0) is 139 Å². The number of hydrogen-bond acceptors (Lipinski definition) is 4. The summed E-state index contributed by atoms with van der Waals surface area (Å²) >= 11 is -2.18. The van der Waals surface area contributed by atoms with Crippen LogP contribution in [0.1, 0.15) is 83.4 Å². The number of nitrogens with one attached hydrogen (secondary N) is 1. The summed E-state index contributed by atoms with van der Waals surface area (Å²) in [5.41, 5.74) is 7.71. The summed E-state index contributed by atoms with van der Waals surface area (Å²) in [4.78, 5) is 0.723. The van der Waals surface area contributed by atoms with Crippen LogP contribution in [0.15, 0.2) is 166 Å². The number of aryl methyl sites for hydroxylation is 1.